The van der Waals surface area contributed by atoms with E-state index in [0.717, 1.165) is 83.6 Å². The van der Waals surface area contributed by atoms with Crippen molar-refractivity contribution in [1.82, 2.24) is 24.5 Å². The van der Waals surface area contributed by atoms with Gasteiger partial charge in [0.15, 0.2) is 11.6 Å². The number of pyridine rings is 1. The summed E-state index contributed by atoms with van der Waals surface area (Å²) in [6, 6.07) is 79.3. The maximum absolute atomic E-state index is 5.65. The number of para-hydroxylation sites is 3. The number of rotatable bonds is 8. The van der Waals surface area contributed by atoms with Crippen molar-refractivity contribution in [2.24, 2.45) is 5.92 Å². The Morgan fingerprint density at radius 3 is 1.61 bits per heavy atom. The molecule has 1 aliphatic carbocycles. The van der Waals surface area contributed by atoms with Gasteiger partial charge in [-0.1, -0.05) is 213 Å². The summed E-state index contributed by atoms with van der Waals surface area (Å²) in [5.74, 6) is 1.97. The molecule has 0 spiro atoms. The van der Waals surface area contributed by atoms with Crippen LogP contribution in [0.4, 0.5) is 0 Å². The number of allylic oxidation sites excluding steroid dienone is 4. The van der Waals surface area contributed by atoms with Crippen molar-refractivity contribution < 1.29 is 0 Å². The van der Waals surface area contributed by atoms with Gasteiger partial charge in [-0.25, -0.2) is 19.9 Å². The standard InChI is InChI=1S/C65H45N5/c1-42-38-47(34-35-52(42)65-68-63(46-26-13-5-14-27-46)67-64(69-65)50-40-48(43-20-7-2-8-21-43)39-49(41-50)44-22-9-3-10-23-44)53-31-19-32-56-59-57(60(66-61(53)56)45-24-11-4-12-25-45)37-36-55-54-30-17-18-33-58(54)70(62(55)59)51-28-15-6-16-29-51/h2-42,52H,1H3. The van der Waals surface area contributed by atoms with Gasteiger partial charge >= 0.3 is 0 Å². The van der Waals surface area contributed by atoms with Crippen LogP contribution in [0.15, 0.2) is 243 Å². The van der Waals surface area contributed by atoms with E-state index in [1.54, 1.807) is 0 Å². The third-order valence-electron chi connectivity index (χ3n) is 13.9. The molecule has 0 saturated heterocycles. The molecule has 0 aliphatic heterocycles. The molecule has 330 valence electrons. The number of hydrogen-bond acceptors (Lipinski definition) is 4. The van der Waals surface area contributed by atoms with Gasteiger partial charge in [0.25, 0.3) is 0 Å². The molecule has 13 rings (SSSR count). The van der Waals surface area contributed by atoms with E-state index in [0.29, 0.717) is 11.6 Å². The topological polar surface area (TPSA) is 56.5 Å². The molecule has 70 heavy (non-hydrogen) atoms. The van der Waals surface area contributed by atoms with Crippen molar-refractivity contribution in [2.75, 3.05) is 0 Å². The van der Waals surface area contributed by atoms with Gasteiger partial charge in [0.1, 0.15) is 5.82 Å². The Morgan fingerprint density at radius 2 is 0.957 bits per heavy atom. The zero-order valence-corrected chi connectivity index (χ0v) is 38.5. The summed E-state index contributed by atoms with van der Waals surface area (Å²) in [6.45, 7) is 2.27. The first-order valence-corrected chi connectivity index (χ1v) is 24.0. The molecule has 5 nitrogen and oxygen atoms in total. The predicted molar refractivity (Wildman–Crippen MR) is 290 cm³/mol. The Balaban J connectivity index is 0.975. The maximum atomic E-state index is 5.65. The van der Waals surface area contributed by atoms with E-state index < -0.39 is 0 Å². The quantitative estimate of drug-likeness (QED) is 0.143. The highest BCUT2D eigenvalue weighted by molar-refractivity contribution is 6.27. The average Bonchev–Trinajstić information content (AvgIpc) is 3.78. The lowest BCUT2D eigenvalue weighted by Crippen LogP contribution is -2.14. The van der Waals surface area contributed by atoms with Crippen molar-refractivity contribution in [3.8, 4) is 62.0 Å². The summed E-state index contributed by atoms with van der Waals surface area (Å²) in [6.07, 6.45) is 6.92. The molecule has 0 amide bonds. The van der Waals surface area contributed by atoms with Crippen LogP contribution < -0.4 is 0 Å². The zero-order valence-electron chi connectivity index (χ0n) is 38.5. The molecule has 0 fully saturated rings. The summed E-state index contributed by atoms with van der Waals surface area (Å²) in [4.78, 5) is 21.5. The van der Waals surface area contributed by atoms with E-state index in [4.69, 9.17) is 19.9 Å². The number of fused-ring (bicyclic) bond motifs is 7. The fraction of sp³-hybridized carbons (Fsp3) is 0.0462. The van der Waals surface area contributed by atoms with Gasteiger partial charge in [0.05, 0.1) is 22.2 Å². The van der Waals surface area contributed by atoms with Crippen molar-refractivity contribution in [3.05, 3.63) is 254 Å². The van der Waals surface area contributed by atoms with Crippen LogP contribution >= 0.6 is 0 Å². The summed E-state index contributed by atoms with van der Waals surface area (Å²) >= 11 is 0. The maximum Gasteiger partial charge on any atom is 0.163 e. The molecule has 0 N–H and O–H groups in total. The van der Waals surface area contributed by atoms with E-state index in [1.165, 1.54) is 27.2 Å². The minimum atomic E-state index is -0.108. The minimum Gasteiger partial charge on any atom is -0.309 e. The third-order valence-corrected chi connectivity index (χ3v) is 13.9. The van der Waals surface area contributed by atoms with E-state index in [9.17, 15) is 0 Å². The summed E-state index contributed by atoms with van der Waals surface area (Å²) in [7, 11) is 0. The smallest absolute Gasteiger partial charge is 0.163 e. The lowest BCUT2D eigenvalue weighted by molar-refractivity contribution is 0.602. The van der Waals surface area contributed by atoms with Crippen molar-refractivity contribution in [1.29, 1.82) is 0 Å². The van der Waals surface area contributed by atoms with Gasteiger partial charge in [-0.2, -0.15) is 0 Å². The molecule has 0 radical (unpaired) electrons. The number of aromatic nitrogens is 5. The zero-order chi connectivity index (χ0) is 46.5. The van der Waals surface area contributed by atoms with Gasteiger partial charge < -0.3 is 4.57 Å². The van der Waals surface area contributed by atoms with E-state index in [1.807, 2.05) is 18.2 Å². The Bertz CT molecular complexity index is 3940. The van der Waals surface area contributed by atoms with Crippen LogP contribution in [0.2, 0.25) is 0 Å². The van der Waals surface area contributed by atoms with Crippen LogP contribution in [0.3, 0.4) is 0 Å². The van der Waals surface area contributed by atoms with Crippen molar-refractivity contribution in [3.63, 3.8) is 0 Å². The second kappa shape index (κ2) is 17.2. The van der Waals surface area contributed by atoms with Gasteiger partial charge in [0.2, 0.25) is 0 Å². The minimum absolute atomic E-state index is 0.0473. The fourth-order valence-corrected chi connectivity index (χ4v) is 10.5. The normalized spacial score (nSPS) is 14.7. The van der Waals surface area contributed by atoms with Gasteiger partial charge in [-0.05, 0) is 70.1 Å². The van der Waals surface area contributed by atoms with Crippen molar-refractivity contribution >= 4 is 49.1 Å². The van der Waals surface area contributed by atoms with E-state index >= 15 is 0 Å². The molecule has 2 unspecified atom stereocenters. The van der Waals surface area contributed by atoms with Crippen molar-refractivity contribution in [2.45, 2.75) is 12.8 Å². The van der Waals surface area contributed by atoms with Crippen LogP contribution in [0.1, 0.15) is 24.2 Å². The summed E-state index contributed by atoms with van der Waals surface area (Å²) in [5, 5.41) is 5.86. The van der Waals surface area contributed by atoms with Gasteiger partial charge in [0, 0.05) is 60.8 Å². The predicted octanol–water partition coefficient (Wildman–Crippen LogP) is 16.4. The SMILES string of the molecule is CC1C=C(c2cccc3c2nc(-c2ccccc2)c2ccc4c5ccccc5n(-c5ccccc5)c4c23)C=CC1c1nc(-c2ccccc2)nc(-c2cc(-c3ccccc3)cc(-c3ccccc3)c2)n1. The molecule has 3 heterocycles. The lowest BCUT2D eigenvalue weighted by atomic mass is 9.83. The van der Waals surface area contributed by atoms with E-state index in [-0.39, 0.29) is 11.8 Å². The van der Waals surface area contributed by atoms with Crippen LogP contribution in [0, 0.1) is 5.92 Å². The lowest BCUT2D eigenvalue weighted by Gasteiger charge is -2.24. The molecule has 9 aromatic carbocycles. The Kier molecular flexibility index (Phi) is 10.1. The Morgan fingerprint density at radius 1 is 0.414 bits per heavy atom. The molecular weight excluding hydrogens is 851 g/mol. The Hall–Kier alpha value is -9.06. The Labute approximate surface area is 406 Å². The second-order valence-corrected chi connectivity index (χ2v) is 18.2. The van der Waals surface area contributed by atoms with E-state index in [2.05, 4.69) is 236 Å². The van der Waals surface area contributed by atoms with Crippen LogP contribution in [0.25, 0.3) is 111 Å². The third kappa shape index (κ3) is 7.19. The number of nitrogens with zero attached hydrogens (tertiary/aromatic N) is 5. The fourth-order valence-electron chi connectivity index (χ4n) is 10.5. The first-order chi connectivity index (χ1) is 34.6. The molecule has 0 bridgehead atoms. The van der Waals surface area contributed by atoms with Gasteiger partial charge in [-0.15, -0.1) is 0 Å². The molecular formula is C65H45N5. The molecule has 2 atom stereocenters. The molecule has 1 aliphatic rings. The summed E-state index contributed by atoms with van der Waals surface area (Å²) in [5.41, 5.74) is 15.1. The number of benzene rings is 9. The highest BCUT2D eigenvalue weighted by Crippen LogP contribution is 2.44. The molecule has 0 saturated carbocycles. The largest absolute Gasteiger partial charge is 0.309 e. The monoisotopic (exact) mass is 895 g/mol. The number of hydrogen-bond donors (Lipinski definition) is 0. The van der Waals surface area contributed by atoms with Gasteiger partial charge in [-0.3, -0.25) is 0 Å². The first kappa shape index (κ1) is 41.2. The average molecular weight is 896 g/mol. The first-order valence-electron chi connectivity index (χ1n) is 24.0. The molecule has 3 aromatic heterocycles. The van der Waals surface area contributed by atoms with Crippen LogP contribution in [-0.2, 0) is 0 Å². The molecule has 12 aromatic rings. The summed E-state index contributed by atoms with van der Waals surface area (Å²) < 4.78 is 2.44. The molecule has 5 heteroatoms. The second-order valence-electron chi connectivity index (χ2n) is 18.2. The highest BCUT2D eigenvalue weighted by atomic mass is 15.0. The van der Waals surface area contributed by atoms with Crippen LogP contribution in [-0.4, -0.2) is 24.5 Å². The van der Waals surface area contributed by atoms with Crippen LogP contribution in [0.5, 0.6) is 0 Å². The highest BCUT2D eigenvalue weighted by Gasteiger charge is 2.27.